The molecule has 1 aromatic rings. The fraction of sp³-hybridized carbons (Fsp3) is 0.750. The van der Waals surface area contributed by atoms with E-state index in [1.54, 1.807) is 0 Å². The van der Waals surface area contributed by atoms with Crippen molar-refractivity contribution < 1.29 is 9.90 Å². The molecule has 2 unspecified atom stereocenters. The summed E-state index contributed by atoms with van der Waals surface area (Å²) in [5.74, 6) is 0.378. The summed E-state index contributed by atoms with van der Waals surface area (Å²) in [5.41, 5.74) is 3.21. The number of rotatable bonds is 3. The van der Waals surface area contributed by atoms with Gasteiger partial charge in [0, 0.05) is 36.6 Å². The highest BCUT2D eigenvalue weighted by molar-refractivity contribution is 5.96. The molecule has 1 amide bonds. The van der Waals surface area contributed by atoms with Crippen LogP contribution in [-0.4, -0.2) is 39.7 Å². The SMILES string of the molecule is Cc1cc(C(=O)N2CC(CO)CCC2C)c(C)n1C1CCCCC1. The van der Waals surface area contributed by atoms with E-state index in [-0.39, 0.29) is 24.5 Å². The fourth-order valence-electron chi connectivity index (χ4n) is 4.66. The van der Waals surface area contributed by atoms with Gasteiger partial charge < -0.3 is 14.6 Å². The molecule has 4 nitrogen and oxygen atoms in total. The van der Waals surface area contributed by atoms with Crippen LogP contribution in [0.4, 0.5) is 0 Å². The molecule has 3 rings (SSSR count). The fourth-order valence-corrected chi connectivity index (χ4v) is 4.66. The first-order chi connectivity index (χ1) is 11.5. The molecule has 0 radical (unpaired) electrons. The zero-order chi connectivity index (χ0) is 17.3. The van der Waals surface area contributed by atoms with Crippen molar-refractivity contribution in [3.8, 4) is 0 Å². The molecule has 2 heterocycles. The first-order valence-corrected chi connectivity index (χ1v) is 9.63. The molecule has 1 aliphatic heterocycles. The van der Waals surface area contributed by atoms with Crippen LogP contribution in [0.15, 0.2) is 6.07 Å². The normalized spacial score (nSPS) is 25.9. The lowest BCUT2D eigenvalue weighted by Gasteiger charge is -2.37. The molecular weight excluding hydrogens is 300 g/mol. The van der Waals surface area contributed by atoms with E-state index >= 15 is 0 Å². The van der Waals surface area contributed by atoms with Crippen molar-refractivity contribution in [2.24, 2.45) is 5.92 Å². The first kappa shape index (κ1) is 17.5. The van der Waals surface area contributed by atoms with E-state index in [1.807, 2.05) is 4.90 Å². The minimum absolute atomic E-state index is 0.149. The minimum atomic E-state index is 0.149. The van der Waals surface area contributed by atoms with Gasteiger partial charge in [0.25, 0.3) is 5.91 Å². The second-order valence-electron chi connectivity index (χ2n) is 7.88. The molecule has 0 spiro atoms. The van der Waals surface area contributed by atoms with Gasteiger partial charge in [-0.25, -0.2) is 0 Å². The molecule has 0 aromatic carbocycles. The molecule has 24 heavy (non-hydrogen) atoms. The van der Waals surface area contributed by atoms with Gasteiger partial charge in [-0.1, -0.05) is 19.3 Å². The van der Waals surface area contributed by atoms with Crippen molar-refractivity contribution in [1.29, 1.82) is 0 Å². The maximum Gasteiger partial charge on any atom is 0.255 e. The number of carbonyl (C=O) groups is 1. The molecule has 0 bridgehead atoms. The Hall–Kier alpha value is -1.29. The number of amides is 1. The monoisotopic (exact) mass is 332 g/mol. The third-order valence-corrected chi connectivity index (χ3v) is 6.15. The van der Waals surface area contributed by atoms with Gasteiger partial charge in [0.1, 0.15) is 0 Å². The maximum atomic E-state index is 13.2. The molecule has 4 heteroatoms. The van der Waals surface area contributed by atoms with E-state index in [2.05, 4.69) is 31.4 Å². The Balaban J connectivity index is 1.84. The van der Waals surface area contributed by atoms with Gasteiger partial charge in [0.2, 0.25) is 0 Å². The molecular formula is C20H32N2O2. The number of piperidine rings is 1. The Labute approximate surface area is 145 Å². The summed E-state index contributed by atoms with van der Waals surface area (Å²) in [5, 5.41) is 9.48. The number of carbonyl (C=O) groups excluding carboxylic acids is 1. The third kappa shape index (κ3) is 3.26. The molecule has 2 aliphatic rings. The van der Waals surface area contributed by atoms with Gasteiger partial charge in [-0.05, 0) is 58.4 Å². The number of aliphatic hydroxyl groups is 1. The second-order valence-corrected chi connectivity index (χ2v) is 7.88. The summed E-state index contributed by atoms with van der Waals surface area (Å²) in [7, 11) is 0. The average molecular weight is 332 g/mol. The number of nitrogens with zero attached hydrogens (tertiary/aromatic N) is 2. The van der Waals surface area contributed by atoms with E-state index in [4.69, 9.17) is 0 Å². The van der Waals surface area contributed by atoms with E-state index in [0.717, 1.165) is 24.1 Å². The average Bonchev–Trinajstić information content (AvgIpc) is 2.90. The van der Waals surface area contributed by atoms with Crippen LogP contribution >= 0.6 is 0 Å². The Morgan fingerprint density at radius 3 is 2.54 bits per heavy atom. The van der Waals surface area contributed by atoms with Gasteiger partial charge in [-0.15, -0.1) is 0 Å². The van der Waals surface area contributed by atoms with Crippen molar-refractivity contribution >= 4 is 5.91 Å². The quantitative estimate of drug-likeness (QED) is 0.914. The van der Waals surface area contributed by atoms with E-state index < -0.39 is 0 Å². The summed E-state index contributed by atoms with van der Waals surface area (Å²) in [6.07, 6.45) is 8.41. The van der Waals surface area contributed by atoms with Crippen LogP contribution in [0.25, 0.3) is 0 Å². The van der Waals surface area contributed by atoms with E-state index in [1.165, 1.54) is 37.8 Å². The van der Waals surface area contributed by atoms with Gasteiger partial charge in [-0.2, -0.15) is 0 Å². The minimum Gasteiger partial charge on any atom is -0.396 e. The lowest BCUT2D eigenvalue weighted by molar-refractivity contribution is 0.0488. The van der Waals surface area contributed by atoms with Gasteiger partial charge in [0.15, 0.2) is 0 Å². The summed E-state index contributed by atoms with van der Waals surface area (Å²) in [4.78, 5) is 15.2. The molecule has 2 fully saturated rings. The highest BCUT2D eigenvalue weighted by Gasteiger charge is 2.31. The summed E-state index contributed by atoms with van der Waals surface area (Å²) in [6, 6.07) is 2.91. The van der Waals surface area contributed by atoms with Crippen molar-refractivity contribution in [3.63, 3.8) is 0 Å². The summed E-state index contributed by atoms with van der Waals surface area (Å²) in [6.45, 7) is 7.23. The van der Waals surface area contributed by atoms with Crippen LogP contribution in [0, 0.1) is 19.8 Å². The Morgan fingerprint density at radius 1 is 1.17 bits per heavy atom. The third-order valence-electron chi connectivity index (χ3n) is 6.15. The highest BCUT2D eigenvalue weighted by Crippen LogP contribution is 2.33. The van der Waals surface area contributed by atoms with Crippen LogP contribution in [0.5, 0.6) is 0 Å². The van der Waals surface area contributed by atoms with Gasteiger partial charge in [-0.3, -0.25) is 4.79 Å². The topological polar surface area (TPSA) is 45.5 Å². The maximum absolute atomic E-state index is 13.2. The molecule has 2 atom stereocenters. The predicted molar refractivity (Wildman–Crippen MR) is 96.3 cm³/mol. The predicted octanol–water partition coefficient (Wildman–Crippen LogP) is 3.84. The second kappa shape index (κ2) is 7.30. The number of hydrogen-bond donors (Lipinski definition) is 1. The van der Waals surface area contributed by atoms with Crippen molar-refractivity contribution in [2.75, 3.05) is 13.2 Å². The van der Waals surface area contributed by atoms with Crippen LogP contribution in [0.2, 0.25) is 0 Å². The summed E-state index contributed by atoms with van der Waals surface area (Å²) < 4.78 is 2.41. The van der Waals surface area contributed by atoms with E-state index in [0.29, 0.717) is 12.6 Å². The zero-order valence-electron chi connectivity index (χ0n) is 15.4. The molecule has 1 saturated carbocycles. The van der Waals surface area contributed by atoms with Crippen LogP contribution < -0.4 is 0 Å². The lowest BCUT2D eigenvalue weighted by Crippen LogP contribution is -2.46. The number of aliphatic hydroxyl groups excluding tert-OH is 1. The smallest absolute Gasteiger partial charge is 0.255 e. The summed E-state index contributed by atoms with van der Waals surface area (Å²) >= 11 is 0. The van der Waals surface area contributed by atoms with Gasteiger partial charge in [0.05, 0.1) is 5.56 Å². The van der Waals surface area contributed by atoms with Crippen LogP contribution in [0.1, 0.15) is 79.7 Å². The number of aryl methyl sites for hydroxylation is 1. The van der Waals surface area contributed by atoms with Crippen molar-refractivity contribution in [1.82, 2.24) is 9.47 Å². The molecule has 1 aromatic heterocycles. The molecule has 1 aliphatic carbocycles. The molecule has 1 saturated heterocycles. The number of hydrogen-bond acceptors (Lipinski definition) is 2. The Kier molecular flexibility index (Phi) is 5.33. The standard InChI is InChI=1S/C20H32N2O2/c1-14-9-10-17(13-23)12-21(14)20(24)19-11-15(2)22(16(19)3)18-7-5-4-6-8-18/h11,14,17-18,23H,4-10,12-13H2,1-3H3. The first-order valence-electron chi connectivity index (χ1n) is 9.63. The van der Waals surface area contributed by atoms with E-state index in [9.17, 15) is 9.90 Å². The number of likely N-dealkylation sites (tertiary alicyclic amines) is 1. The zero-order valence-corrected chi connectivity index (χ0v) is 15.4. The Morgan fingerprint density at radius 2 is 1.88 bits per heavy atom. The van der Waals surface area contributed by atoms with Crippen LogP contribution in [-0.2, 0) is 0 Å². The van der Waals surface area contributed by atoms with Crippen molar-refractivity contribution in [2.45, 2.75) is 77.8 Å². The Bertz CT molecular complexity index is 587. The lowest BCUT2D eigenvalue weighted by atomic mass is 9.93. The highest BCUT2D eigenvalue weighted by atomic mass is 16.3. The molecule has 1 N–H and O–H groups in total. The number of aromatic nitrogens is 1. The van der Waals surface area contributed by atoms with Gasteiger partial charge >= 0.3 is 0 Å². The largest absolute Gasteiger partial charge is 0.396 e. The van der Waals surface area contributed by atoms with Crippen molar-refractivity contribution in [3.05, 3.63) is 23.0 Å². The molecule has 134 valence electrons. The van der Waals surface area contributed by atoms with Crippen LogP contribution in [0.3, 0.4) is 0 Å².